The van der Waals surface area contributed by atoms with E-state index in [1.165, 1.54) is 30.6 Å². The lowest BCUT2D eigenvalue weighted by Crippen LogP contribution is -2.20. The highest BCUT2D eigenvalue weighted by Gasteiger charge is 2.38. The molecule has 19 heavy (non-hydrogen) atoms. The molecule has 1 aliphatic rings. The van der Waals surface area contributed by atoms with Crippen molar-refractivity contribution in [3.05, 3.63) is 15.3 Å². The maximum absolute atomic E-state index is 11.9. The van der Waals surface area contributed by atoms with E-state index in [0.717, 1.165) is 12.0 Å². The van der Waals surface area contributed by atoms with Gasteiger partial charge in [-0.25, -0.2) is 4.79 Å². The first kappa shape index (κ1) is 14.4. The molecular formula is C15H23NO2S. The molecule has 0 aromatic carbocycles. The number of hydrogen-bond donors (Lipinski definition) is 1. The van der Waals surface area contributed by atoms with Crippen LogP contribution in [0.3, 0.4) is 0 Å². The Morgan fingerprint density at radius 3 is 2.53 bits per heavy atom. The van der Waals surface area contributed by atoms with Crippen molar-refractivity contribution < 1.29 is 9.53 Å². The van der Waals surface area contributed by atoms with Crippen LogP contribution in [0, 0.1) is 6.92 Å². The van der Waals surface area contributed by atoms with Gasteiger partial charge in [0.2, 0.25) is 0 Å². The lowest BCUT2D eigenvalue weighted by molar-refractivity contribution is 0.0533. The van der Waals surface area contributed by atoms with Gasteiger partial charge in [0.05, 0.1) is 12.3 Å². The van der Waals surface area contributed by atoms with Crippen LogP contribution in [0.15, 0.2) is 0 Å². The second kappa shape index (κ2) is 5.53. The summed E-state index contributed by atoms with van der Waals surface area (Å²) in [5, 5.41) is 0. The normalized spacial score (nSPS) is 17.6. The molecule has 2 N–H and O–H groups in total. The number of rotatable bonds is 4. The van der Waals surface area contributed by atoms with Crippen LogP contribution in [0.1, 0.15) is 66.1 Å². The Morgan fingerprint density at radius 1 is 1.37 bits per heavy atom. The van der Waals surface area contributed by atoms with Crippen LogP contribution < -0.4 is 5.73 Å². The van der Waals surface area contributed by atoms with Gasteiger partial charge in [-0.15, -0.1) is 11.3 Å². The Labute approximate surface area is 119 Å². The monoisotopic (exact) mass is 281 g/mol. The maximum Gasteiger partial charge on any atom is 0.350 e. The summed E-state index contributed by atoms with van der Waals surface area (Å²) in [6, 6.07) is 0. The van der Waals surface area contributed by atoms with E-state index in [-0.39, 0.29) is 11.4 Å². The van der Waals surface area contributed by atoms with Gasteiger partial charge in [0.1, 0.15) is 4.88 Å². The van der Waals surface area contributed by atoms with Crippen molar-refractivity contribution >= 4 is 23.0 Å². The molecule has 1 saturated carbocycles. The van der Waals surface area contributed by atoms with E-state index in [2.05, 4.69) is 6.92 Å². The average molecular weight is 281 g/mol. The summed E-state index contributed by atoms with van der Waals surface area (Å²) in [5.74, 6) is -0.274. The third-order valence-corrected chi connectivity index (χ3v) is 5.91. The van der Waals surface area contributed by atoms with E-state index in [9.17, 15) is 4.79 Å². The predicted molar refractivity (Wildman–Crippen MR) is 79.9 cm³/mol. The van der Waals surface area contributed by atoms with Crippen molar-refractivity contribution in [2.45, 2.75) is 58.3 Å². The van der Waals surface area contributed by atoms with Gasteiger partial charge >= 0.3 is 5.97 Å². The van der Waals surface area contributed by atoms with Crippen molar-refractivity contribution in [3.8, 4) is 0 Å². The molecule has 0 amide bonds. The van der Waals surface area contributed by atoms with Gasteiger partial charge in [0.15, 0.2) is 0 Å². The summed E-state index contributed by atoms with van der Waals surface area (Å²) < 4.78 is 5.10. The van der Waals surface area contributed by atoms with Crippen LogP contribution >= 0.6 is 11.3 Å². The van der Waals surface area contributed by atoms with Crippen LogP contribution in [-0.4, -0.2) is 12.6 Å². The molecule has 0 spiro atoms. The van der Waals surface area contributed by atoms with Gasteiger partial charge in [-0.1, -0.05) is 19.8 Å². The zero-order chi connectivity index (χ0) is 14.0. The Kier molecular flexibility index (Phi) is 4.19. The van der Waals surface area contributed by atoms with Gasteiger partial charge in [-0.05, 0) is 38.7 Å². The molecule has 3 nitrogen and oxygen atoms in total. The lowest BCUT2D eigenvalue weighted by atomic mass is 9.80. The van der Waals surface area contributed by atoms with Crippen LogP contribution in [0.4, 0.5) is 5.69 Å². The standard InChI is InChI=1S/C15H23NO2S/c1-4-15(8-6-7-9-15)13-10(3)11(16)12(19-13)14(17)18-5-2/h4-9,16H2,1-3H3. The van der Waals surface area contributed by atoms with E-state index in [1.807, 2.05) is 13.8 Å². The van der Waals surface area contributed by atoms with Gasteiger partial charge in [0, 0.05) is 10.3 Å². The van der Waals surface area contributed by atoms with Crippen molar-refractivity contribution in [2.24, 2.45) is 0 Å². The van der Waals surface area contributed by atoms with Crippen LogP contribution in [0.5, 0.6) is 0 Å². The van der Waals surface area contributed by atoms with E-state index in [0.29, 0.717) is 17.2 Å². The van der Waals surface area contributed by atoms with Crippen molar-refractivity contribution in [1.82, 2.24) is 0 Å². The molecular weight excluding hydrogens is 258 g/mol. The maximum atomic E-state index is 11.9. The molecule has 0 aliphatic heterocycles. The Balaban J connectivity index is 2.42. The molecule has 0 atom stereocenters. The van der Waals surface area contributed by atoms with Gasteiger partial charge in [-0.3, -0.25) is 0 Å². The largest absolute Gasteiger partial charge is 0.462 e. The number of carbonyl (C=O) groups excluding carboxylic acids is 1. The molecule has 1 heterocycles. The Bertz CT molecular complexity index is 473. The second-order valence-corrected chi connectivity index (χ2v) is 6.38. The summed E-state index contributed by atoms with van der Waals surface area (Å²) in [5.41, 5.74) is 8.09. The number of nitrogen functional groups attached to an aromatic ring is 1. The van der Waals surface area contributed by atoms with E-state index < -0.39 is 0 Å². The van der Waals surface area contributed by atoms with Crippen LogP contribution in [0.25, 0.3) is 0 Å². The molecule has 0 saturated heterocycles. The first-order valence-electron chi connectivity index (χ1n) is 7.12. The number of esters is 1. The number of ether oxygens (including phenoxy) is 1. The quantitative estimate of drug-likeness (QED) is 0.847. The second-order valence-electron chi connectivity index (χ2n) is 5.36. The third kappa shape index (κ3) is 2.38. The minimum absolute atomic E-state index is 0.244. The van der Waals surface area contributed by atoms with Crippen molar-refractivity contribution in [2.75, 3.05) is 12.3 Å². The zero-order valence-corrected chi connectivity index (χ0v) is 12.9. The summed E-state index contributed by atoms with van der Waals surface area (Å²) in [6.45, 7) is 6.49. The highest BCUT2D eigenvalue weighted by Crippen LogP contribution is 2.49. The molecule has 0 unspecified atom stereocenters. The SMILES string of the molecule is CCOC(=O)c1sc(C2(CC)CCCC2)c(C)c1N. The molecule has 1 aromatic rings. The first-order valence-corrected chi connectivity index (χ1v) is 7.94. The fraction of sp³-hybridized carbons (Fsp3) is 0.667. The molecule has 1 aliphatic carbocycles. The molecule has 4 heteroatoms. The van der Waals surface area contributed by atoms with Crippen LogP contribution in [0.2, 0.25) is 0 Å². The fourth-order valence-electron chi connectivity index (χ4n) is 3.17. The lowest BCUT2D eigenvalue weighted by Gasteiger charge is -2.27. The molecule has 0 radical (unpaired) electrons. The zero-order valence-electron chi connectivity index (χ0n) is 12.0. The topological polar surface area (TPSA) is 52.3 Å². The Morgan fingerprint density at radius 2 is 2.00 bits per heavy atom. The fourth-order valence-corrected chi connectivity index (χ4v) is 4.61. The van der Waals surface area contributed by atoms with E-state index >= 15 is 0 Å². The average Bonchev–Trinajstić information content (AvgIpc) is 2.98. The highest BCUT2D eigenvalue weighted by molar-refractivity contribution is 7.15. The summed E-state index contributed by atoms with van der Waals surface area (Å²) in [7, 11) is 0. The summed E-state index contributed by atoms with van der Waals surface area (Å²) in [6.07, 6.45) is 6.11. The van der Waals surface area contributed by atoms with Crippen molar-refractivity contribution in [3.63, 3.8) is 0 Å². The third-order valence-electron chi connectivity index (χ3n) is 4.37. The highest BCUT2D eigenvalue weighted by atomic mass is 32.1. The van der Waals surface area contributed by atoms with E-state index in [4.69, 9.17) is 10.5 Å². The molecule has 106 valence electrons. The molecule has 0 bridgehead atoms. The Hall–Kier alpha value is -1.03. The number of hydrogen-bond acceptors (Lipinski definition) is 4. The minimum Gasteiger partial charge on any atom is -0.462 e. The van der Waals surface area contributed by atoms with E-state index in [1.54, 1.807) is 11.3 Å². The number of nitrogens with two attached hydrogens (primary N) is 1. The summed E-state index contributed by atoms with van der Waals surface area (Å²) >= 11 is 1.56. The first-order chi connectivity index (χ1) is 9.05. The van der Waals surface area contributed by atoms with Gasteiger partial charge in [-0.2, -0.15) is 0 Å². The predicted octanol–water partition coefficient (Wildman–Crippen LogP) is 4.04. The van der Waals surface area contributed by atoms with Gasteiger partial charge < -0.3 is 10.5 Å². The van der Waals surface area contributed by atoms with Crippen LogP contribution in [-0.2, 0) is 10.2 Å². The minimum atomic E-state index is -0.274. The molecule has 2 rings (SSSR count). The van der Waals surface area contributed by atoms with Crippen molar-refractivity contribution in [1.29, 1.82) is 0 Å². The summed E-state index contributed by atoms with van der Waals surface area (Å²) in [4.78, 5) is 13.9. The number of carbonyl (C=O) groups is 1. The van der Waals surface area contributed by atoms with Gasteiger partial charge in [0.25, 0.3) is 0 Å². The number of anilines is 1. The molecule has 1 fully saturated rings. The molecule has 1 aromatic heterocycles. The number of thiophene rings is 1. The smallest absolute Gasteiger partial charge is 0.350 e.